The van der Waals surface area contributed by atoms with Crippen molar-refractivity contribution < 1.29 is 95.0 Å². The molecule has 0 aromatic heterocycles. The second-order valence-electron chi connectivity index (χ2n) is 19.3. The van der Waals surface area contributed by atoms with E-state index in [1.807, 2.05) is 6.07 Å². The van der Waals surface area contributed by atoms with Crippen molar-refractivity contribution in [2.45, 2.75) is 82.3 Å². The highest BCUT2D eigenvalue weighted by Gasteiger charge is 2.53. The maximum Gasteiger partial charge on any atom is 0.303 e. The number of methoxy groups -OCH3 is 9. The third-order valence-electron chi connectivity index (χ3n) is 14.6. The minimum absolute atomic E-state index is 0.0416. The highest BCUT2D eigenvalue weighted by Crippen LogP contribution is 2.63. The fourth-order valence-corrected chi connectivity index (χ4v) is 11.3. The van der Waals surface area contributed by atoms with Gasteiger partial charge < -0.3 is 75.8 Å². The summed E-state index contributed by atoms with van der Waals surface area (Å²) in [5.41, 5.74) is 3.41. The molecule has 0 amide bonds. The molecule has 0 aliphatic carbocycles. The summed E-state index contributed by atoms with van der Waals surface area (Å²) in [6.07, 6.45) is -8.29. The maximum atomic E-state index is 13.8. The minimum atomic E-state index is -1.36. The number of esters is 4. The van der Waals surface area contributed by atoms with Crippen molar-refractivity contribution in [1.29, 1.82) is 0 Å². The summed E-state index contributed by atoms with van der Waals surface area (Å²) in [7, 11) is 13.4. The van der Waals surface area contributed by atoms with Gasteiger partial charge in [-0.15, -0.1) is 0 Å². The van der Waals surface area contributed by atoms with E-state index in [4.69, 9.17) is 75.8 Å². The normalized spacial score (nSPS) is 21.1. The zero-order chi connectivity index (χ0) is 58.7. The third-order valence-corrected chi connectivity index (χ3v) is 14.6. The Balaban J connectivity index is 1.40. The van der Waals surface area contributed by atoms with E-state index in [9.17, 15) is 19.2 Å². The lowest BCUT2D eigenvalue weighted by Gasteiger charge is -2.43. The maximum absolute atomic E-state index is 13.8. The van der Waals surface area contributed by atoms with Gasteiger partial charge >= 0.3 is 23.9 Å². The molecule has 6 aromatic carbocycles. The first-order chi connectivity index (χ1) is 39.6. The molecule has 9 atom stereocenters. The number of carbonyl (C=O) groups is 4. The van der Waals surface area contributed by atoms with Crippen LogP contribution in [-0.2, 0) is 38.1 Å². The van der Waals surface area contributed by atoms with Crippen molar-refractivity contribution in [3.8, 4) is 69.0 Å². The molecule has 0 unspecified atom stereocenters. The first kappa shape index (κ1) is 57.5. The van der Waals surface area contributed by atoms with Gasteiger partial charge in [0.1, 0.15) is 17.2 Å². The quantitative estimate of drug-likeness (QED) is 0.0578. The fraction of sp³-hybridized carbons (Fsp3) is 0.355. The standard InChI is InChI=1S/C62H64O20/c1-30(63)76-56-44-29-42(52(72-10)61(75-13)55(44)82-50(62(56)79-33(4)66)36-18-24-39(69-7)25-19-36)47-43-28-41(51(71-9)60(74-12)54(43)81-49(59(47)78-32(3)65)35-16-22-38(68-6)23-17-35)46-40-26-27-45(70-8)57(73-11)53(40)80-48(58(46)77-31(2)64)34-14-20-37(67-5)21-15-34/h14-29,46-50,56,58-59,62H,1-13H3/t46-,47-,48-,49-,50-,56-,58+,59+,62-/m1/s1. The summed E-state index contributed by atoms with van der Waals surface area (Å²) < 4.78 is 100. The second kappa shape index (κ2) is 24.3. The van der Waals surface area contributed by atoms with Gasteiger partial charge in [-0.1, -0.05) is 42.5 Å². The summed E-state index contributed by atoms with van der Waals surface area (Å²) >= 11 is 0. The second-order valence-corrected chi connectivity index (χ2v) is 19.3. The molecular weight excluding hydrogens is 1060 g/mol. The zero-order valence-electron chi connectivity index (χ0n) is 47.6. The van der Waals surface area contributed by atoms with Crippen molar-refractivity contribution in [1.82, 2.24) is 0 Å². The summed E-state index contributed by atoms with van der Waals surface area (Å²) in [6.45, 7) is 5.05. The van der Waals surface area contributed by atoms with Crippen LogP contribution in [0.3, 0.4) is 0 Å². The number of hydrogen-bond donors (Lipinski definition) is 0. The smallest absolute Gasteiger partial charge is 0.303 e. The molecule has 20 heteroatoms. The van der Waals surface area contributed by atoms with E-state index in [1.165, 1.54) is 84.6 Å². The molecule has 432 valence electrons. The van der Waals surface area contributed by atoms with E-state index in [0.717, 1.165) is 0 Å². The SMILES string of the molecule is COc1ccc([C@H]2Oc3c(cc([C@@H]4c5cc([C@H]6c7ccc(OC)c(OC)c7O[C@H](c7ccc(OC)cc7)[C@H]6OC(C)=O)c(OC)c(OC)c5O[C@H](c5ccc(OC)cc5)[C@H]4OC(C)=O)c(OC)c3OC)[C@@H](OC(C)=O)[C@@H]2OC(C)=O)cc1. The Bertz CT molecular complexity index is 3340. The van der Waals surface area contributed by atoms with Gasteiger partial charge in [0.15, 0.2) is 77.2 Å². The van der Waals surface area contributed by atoms with Crippen LogP contribution < -0.4 is 56.8 Å². The van der Waals surface area contributed by atoms with E-state index in [1.54, 1.807) is 98.1 Å². The lowest BCUT2D eigenvalue weighted by molar-refractivity contribution is -0.178. The molecule has 9 rings (SSSR count). The predicted octanol–water partition coefficient (Wildman–Crippen LogP) is 9.83. The topological polar surface area (TPSA) is 216 Å². The zero-order valence-corrected chi connectivity index (χ0v) is 47.6. The van der Waals surface area contributed by atoms with Gasteiger partial charge in [0.2, 0.25) is 17.2 Å². The Morgan fingerprint density at radius 1 is 0.329 bits per heavy atom. The minimum Gasteiger partial charge on any atom is -0.497 e. The fourth-order valence-electron chi connectivity index (χ4n) is 11.3. The summed E-state index contributed by atoms with van der Waals surface area (Å²) in [6, 6.07) is 28.1. The van der Waals surface area contributed by atoms with Crippen LogP contribution in [-0.4, -0.2) is 106 Å². The Kier molecular flexibility index (Phi) is 17.0. The molecular formula is C62H64O20. The highest BCUT2D eigenvalue weighted by atomic mass is 16.6. The van der Waals surface area contributed by atoms with Crippen molar-refractivity contribution >= 4 is 23.9 Å². The molecule has 3 aliphatic heterocycles. The van der Waals surface area contributed by atoms with Crippen molar-refractivity contribution in [3.63, 3.8) is 0 Å². The number of fused-ring (bicyclic) bond motifs is 3. The number of benzene rings is 6. The van der Waals surface area contributed by atoms with Gasteiger partial charge in [-0.3, -0.25) is 19.2 Å². The number of hydrogen-bond acceptors (Lipinski definition) is 20. The van der Waals surface area contributed by atoms with E-state index in [0.29, 0.717) is 61.9 Å². The molecule has 0 saturated heterocycles. The van der Waals surface area contributed by atoms with Crippen LogP contribution >= 0.6 is 0 Å². The summed E-state index contributed by atoms with van der Waals surface area (Å²) in [5.74, 6) is -1.66. The van der Waals surface area contributed by atoms with Crippen LogP contribution in [0.4, 0.5) is 0 Å². The Morgan fingerprint density at radius 2 is 0.671 bits per heavy atom. The van der Waals surface area contributed by atoms with Crippen LogP contribution in [0.15, 0.2) is 97.1 Å². The molecule has 3 aliphatic rings. The van der Waals surface area contributed by atoms with Gasteiger partial charge in [0.05, 0.1) is 75.8 Å². The molecule has 0 fully saturated rings. The first-order valence-electron chi connectivity index (χ1n) is 26.0. The van der Waals surface area contributed by atoms with Crippen LogP contribution in [0.25, 0.3) is 0 Å². The molecule has 0 bridgehead atoms. The first-order valence-corrected chi connectivity index (χ1v) is 26.0. The van der Waals surface area contributed by atoms with Gasteiger partial charge in [-0.05, 0) is 71.3 Å². The predicted molar refractivity (Wildman–Crippen MR) is 293 cm³/mol. The van der Waals surface area contributed by atoms with E-state index < -0.39 is 78.4 Å². The molecule has 82 heavy (non-hydrogen) atoms. The van der Waals surface area contributed by atoms with Gasteiger partial charge in [0.25, 0.3) is 0 Å². The Morgan fingerprint density at radius 3 is 1.04 bits per heavy atom. The molecule has 0 N–H and O–H groups in total. The summed E-state index contributed by atoms with van der Waals surface area (Å²) in [5, 5.41) is 0. The van der Waals surface area contributed by atoms with Crippen LogP contribution in [0, 0.1) is 0 Å². The van der Waals surface area contributed by atoms with E-state index in [-0.39, 0.29) is 51.6 Å². The van der Waals surface area contributed by atoms with E-state index in [2.05, 4.69) is 0 Å². The average molecular weight is 1130 g/mol. The molecule has 0 saturated carbocycles. The van der Waals surface area contributed by atoms with Gasteiger partial charge in [0, 0.05) is 55.5 Å². The van der Waals surface area contributed by atoms with Crippen molar-refractivity contribution in [2.24, 2.45) is 0 Å². The summed E-state index contributed by atoms with van der Waals surface area (Å²) in [4.78, 5) is 54.0. The van der Waals surface area contributed by atoms with Gasteiger partial charge in [-0.25, -0.2) is 0 Å². The molecule has 0 radical (unpaired) electrons. The van der Waals surface area contributed by atoms with Crippen LogP contribution in [0.2, 0.25) is 0 Å². The number of carbonyl (C=O) groups excluding carboxylic acids is 4. The third kappa shape index (κ3) is 10.7. The average Bonchev–Trinajstić information content (AvgIpc) is 1.30. The molecule has 6 aromatic rings. The molecule has 3 heterocycles. The largest absolute Gasteiger partial charge is 0.497 e. The lowest BCUT2D eigenvalue weighted by atomic mass is 9.74. The van der Waals surface area contributed by atoms with Gasteiger partial charge in [-0.2, -0.15) is 0 Å². The van der Waals surface area contributed by atoms with Crippen LogP contribution in [0.5, 0.6) is 69.0 Å². The van der Waals surface area contributed by atoms with Crippen molar-refractivity contribution in [2.75, 3.05) is 64.0 Å². The highest BCUT2D eigenvalue weighted by molar-refractivity contribution is 5.74. The number of ether oxygens (including phenoxy) is 16. The Hall–Kier alpha value is -9.20. The number of rotatable bonds is 18. The van der Waals surface area contributed by atoms with Crippen molar-refractivity contribution in [3.05, 3.63) is 142 Å². The monoisotopic (exact) mass is 1130 g/mol. The van der Waals surface area contributed by atoms with Crippen LogP contribution in [0.1, 0.15) is 108 Å². The Labute approximate surface area is 474 Å². The van der Waals surface area contributed by atoms with E-state index >= 15 is 0 Å². The molecule has 20 nitrogen and oxygen atoms in total. The lowest BCUT2D eigenvalue weighted by Crippen LogP contribution is -2.41. The molecule has 0 spiro atoms.